The van der Waals surface area contributed by atoms with E-state index in [1.54, 1.807) is 26.0 Å². The van der Waals surface area contributed by atoms with Crippen LogP contribution in [-0.2, 0) is 14.8 Å². The lowest BCUT2D eigenvalue weighted by atomic mass is 10.3. The Hall–Kier alpha value is -1.66. The van der Waals surface area contributed by atoms with Gasteiger partial charge in [-0.05, 0) is 30.3 Å². The molecular weight excluding hydrogens is 264 g/mol. The van der Waals surface area contributed by atoms with Gasteiger partial charge in [0.15, 0.2) is 0 Å². The van der Waals surface area contributed by atoms with Crippen LogP contribution in [0, 0.1) is 0 Å². The molecule has 0 aliphatic carbocycles. The number of nitrogens with zero attached hydrogens (tertiary/aromatic N) is 1. The minimum Gasteiger partial charge on any atom is -0.323 e. The predicted molar refractivity (Wildman–Crippen MR) is 75.4 cm³/mol. The first kappa shape index (κ1) is 15.4. The zero-order chi connectivity index (χ0) is 14.5. The molecular formula is C13H18N2O3S. The molecule has 1 aromatic rings. The predicted octanol–water partition coefficient (Wildman–Crippen LogP) is 1.84. The SMILES string of the molecule is C=CC(=O)Nc1ccc(S(=O)(=O)N(CC)CC)cc1. The Morgan fingerprint density at radius 2 is 1.79 bits per heavy atom. The van der Waals surface area contributed by atoms with Crippen LogP contribution in [0.15, 0.2) is 41.8 Å². The van der Waals surface area contributed by atoms with E-state index in [0.717, 1.165) is 6.08 Å². The van der Waals surface area contributed by atoms with Gasteiger partial charge in [0.05, 0.1) is 4.90 Å². The normalized spacial score (nSPS) is 11.3. The molecule has 0 bridgehead atoms. The van der Waals surface area contributed by atoms with Crippen molar-refractivity contribution < 1.29 is 13.2 Å². The molecule has 104 valence electrons. The Bertz CT molecular complexity index is 546. The molecule has 0 spiro atoms. The van der Waals surface area contributed by atoms with Gasteiger partial charge < -0.3 is 5.32 Å². The van der Waals surface area contributed by atoms with Gasteiger partial charge in [0.25, 0.3) is 0 Å². The fourth-order valence-electron chi connectivity index (χ4n) is 1.62. The lowest BCUT2D eigenvalue weighted by Gasteiger charge is -2.18. The molecule has 19 heavy (non-hydrogen) atoms. The van der Waals surface area contributed by atoms with Gasteiger partial charge in [0, 0.05) is 18.8 Å². The average molecular weight is 282 g/mol. The molecule has 0 unspecified atom stereocenters. The van der Waals surface area contributed by atoms with Gasteiger partial charge in [-0.15, -0.1) is 0 Å². The first-order valence-electron chi connectivity index (χ1n) is 5.99. The summed E-state index contributed by atoms with van der Waals surface area (Å²) in [5.74, 6) is -0.334. The van der Waals surface area contributed by atoms with Gasteiger partial charge in [-0.3, -0.25) is 4.79 Å². The molecule has 6 heteroatoms. The van der Waals surface area contributed by atoms with Crippen LogP contribution in [-0.4, -0.2) is 31.7 Å². The van der Waals surface area contributed by atoms with Crippen LogP contribution in [0.5, 0.6) is 0 Å². The Balaban J connectivity index is 2.98. The van der Waals surface area contributed by atoms with Crippen molar-refractivity contribution in [2.45, 2.75) is 18.7 Å². The second kappa shape index (κ2) is 6.49. The molecule has 0 radical (unpaired) electrons. The molecule has 1 amide bonds. The topological polar surface area (TPSA) is 66.5 Å². The van der Waals surface area contributed by atoms with Crippen molar-refractivity contribution in [2.75, 3.05) is 18.4 Å². The molecule has 0 aliphatic heterocycles. The molecule has 1 N–H and O–H groups in total. The van der Waals surface area contributed by atoms with Crippen molar-refractivity contribution >= 4 is 21.6 Å². The first-order chi connectivity index (χ1) is 8.95. The van der Waals surface area contributed by atoms with E-state index in [0.29, 0.717) is 18.8 Å². The van der Waals surface area contributed by atoms with Crippen LogP contribution < -0.4 is 5.32 Å². The highest BCUT2D eigenvalue weighted by Gasteiger charge is 2.21. The second-order valence-corrected chi connectivity index (χ2v) is 5.75. The van der Waals surface area contributed by atoms with Gasteiger partial charge in [0.2, 0.25) is 15.9 Å². The average Bonchev–Trinajstić information content (AvgIpc) is 2.40. The summed E-state index contributed by atoms with van der Waals surface area (Å²) in [4.78, 5) is 11.3. The summed E-state index contributed by atoms with van der Waals surface area (Å²) in [6.45, 7) is 7.78. The van der Waals surface area contributed by atoms with Gasteiger partial charge in [0.1, 0.15) is 0 Å². The fourth-order valence-corrected chi connectivity index (χ4v) is 3.07. The Labute approximate surface area is 114 Å². The number of hydrogen-bond donors (Lipinski definition) is 1. The van der Waals surface area contributed by atoms with Gasteiger partial charge >= 0.3 is 0 Å². The van der Waals surface area contributed by atoms with Crippen LogP contribution in [0.1, 0.15) is 13.8 Å². The van der Waals surface area contributed by atoms with E-state index in [-0.39, 0.29) is 10.8 Å². The van der Waals surface area contributed by atoms with E-state index < -0.39 is 10.0 Å². The lowest BCUT2D eigenvalue weighted by Crippen LogP contribution is -2.30. The third-order valence-corrected chi connectivity index (χ3v) is 4.71. The molecule has 1 aromatic carbocycles. The second-order valence-electron chi connectivity index (χ2n) is 3.81. The van der Waals surface area contributed by atoms with Crippen LogP contribution in [0.3, 0.4) is 0 Å². The summed E-state index contributed by atoms with van der Waals surface area (Å²) >= 11 is 0. The fraction of sp³-hybridized carbons (Fsp3) is 0.308. The summed E-state index contributed by atoms with van der Waals surface area (Å²) in [6, 6.07) is 6.06. The quantitative estimate of drug-likeness (QED) is 0.810. The third kappa shape index (κ3) is 3.65. The third-order valence-electron chi connectivity index (χ3n) is 2.65. The van der Waals surface area contributed by atoms with Gasteiger partial charge in [-0.2, -0.15) is 4.31 Å². The van der Waals surface area contributed by atoms with Crippen molar-refractivity contribution in [1.29, 1.82) is 0 Å². The zero-order valence-corrected chi connectivity index (χ0v) is 11.9. The Morgan fingerprint density at radius 3 is 2.21 bits per heavy atom. The maximum Gasteiger partial charge on any atom is 0.247 e. The number of carbonyl (C=O) groups excluding carboxylic acids is 1. The van der Waals surface area contributed by atoms with Crippen LogP contribution in [0.25, 0.3) is 0 Å². The maximum absolute atomic E-state index is 12.2. The van der Waals surface area contributed by atoms with E-state index in [1.807, 2.05) is 0 Å². The number of rotatable bonds is 6. The Morgan fingerprint density at radius 1 is 1.26 bits per heavy atom. The van der Waals surface area contributed by atoms with Crippen molar-refractivity contribution in [3.63, 3.8) is 0 Å². The van der Waals surface area contributed by atoms with Crippen LogP contribution in [0.4, 0.5) is 5.69 Å². The number of carbonyl (C=O) groups is 1. The smallest absolute Gasteiger partial charge is 0.247 e. The van der Waals surface area contributed by atoms with Crippen LogP contribution >= 0.6 is 0 Å². The molecule has 0 fully saturated rings. The van der Waals surface area contributed by atoms with Gasteiger partial charge in [-0.1, -0.05) is 20.4 Å². The standard InChI is InChI=1S/C13H18N2O3S/c1-4-13(16)14-11-7-9-12(10-8-11)19(17,18)15(5-2)6-3/h4,7-10H,1,5-6H2,2-3H3,(H,14,16). The number of sulfonamides is 1. The minimum absolute atomic E-state index is 0.216. The molecule has 0 aromatic heterocycles. The number of amides is 1. The summed E-state index contributed by atoms with van der Waals surface area (Å²) in [7, 11) is -3.45. The maximum atomic E-state index is 12.2. The van der Waals surface area contributed by atoms with Crippen molar-refractivity contribution in [1.82, 2.24) is 4.31 Å². The molecule has 0 atom stereocenters. The molecule has 0 aliphatic rings. The summed E-state index contributed by atoms with van der Waals surface area (Å²) in [5, 5.41) is 2.56. The lowest BCUT2D eigenvalue weighted by molar-refractivity contribution is -0.111. The number of benzene rings is 1. The minimum atomic E-state index is -3.45. The highest BCUT2D eigenvalue weighted by atomic mass is 32.2. The highest BCUT2D eigenvalue weighted by molar-refractivity contribution is 7.89. The molecule has 5 nitrogen and oxygen atoms in total. The number of hydrogen-bond acceptors (Lipinski definition) is 3. The molecule has 0 saturated carbocycles. The van der Waals surface area contributed by atoms with Crippen LogP contribution in [0.2, 0.25) is 0 Å². The first-order valence-corrected chi connectivity index (χ1v) is 7.43. The van der Waals surface area contributed by atoms with Crippen molar-refractivity contribution in [3.8, 4) is 0 Å². The number of nitrogens with one attached hydrogen (secondary N) is 1. The van der Waals surface area contributed by atoms with E-state index in [4.69, 9.17) is 0 Å². The molecule has 0 saturated heterocycles. The summed E-state index contributed by atoms with van der Waals surface area (Å²) in [6.07, 6.45) is 1.15. The van der Waals surface area contributed by atoms with Gasteiger partial charge in [-0.25, -0.2) is 8.42 Å². The Kier molecular flexibility index (Phi) is 5.26. The zero-order valence-electron chi connectivity index (χ0n) is 11.1. The number of anilines is 1. The summed E-state index contributed by atoms with van der Waals surface area (Å²) in [5.41, 5.74) is 0.531. The van der Waals surface area contributed by atoms with Crippen molar-refractivity contribution in [2.24, 2.45) is 0 Å². The molecule has 0 heterocycles. The van der Waals surface area contributed by atoms with E-state index in [2.05, 4.69) is 11.9 Å². The van der Waals surface area contributed by atoms with E-state index in [9.17, 15) is 13.2 Å². The monoisotopic (exact) mass is 282 g/mol. The largest absolute Gasteiger partial charge is 0.323 e. The van der Waals surface area contributed by atoms with E-state index in [1.165, 1.54) is 16.4 Å². The summed E-state index contributed by atoms with van der Waals surface area (Å²) < 4.78 is 25.8. The highest BCUT2D eigenvalue weighted by Crippen LogP contribution is 2.18. The van der Waals surface area contributed by atoms with Crippen molar-refractivity contribution in [3.05, 3.63) is 36.9 Å². The van der Waals surface area contributed by atoms with E-state index >= 15 is 0 Å². The molecule has 1 rings (SSSR count).